The first-order valence-corrected chi connectivity index (χ1v) is 6.96. The fourth-order valence-electron chi connectivity index (χ4n) is 2.09. The van der Waals surface area contributed by atoms with Gasteiger partial charge in [0, 0.05) is 19.0 Å². The number of benzene rings is 2. The minimum absolute atomic E-state index is 0.556. The molecule has 2 rings (SSSR count). The van der Waals surface area contributed by atoms with Crippen molar-refractivity contribution in [2.75, 3.05) is 18.7 Å². The Kier molecular flexibility index (Phi) is 5.35. The highest BCUT2D eigenvalue weighted by Crippen LogP contribution is 2.19. The van der Waals surface area contributed by atoms with Gasteiger partial charge in [-0.2, -0.15) is 0 Å². The first-order chi connectivity index (χ1) is 10.2. The zero-order chi connectivity index (χ0) is 15.1. The minimum atomic E-state index is 0.556. The van der Waals surface area contributed by atoms with Crippen molar-refractivity contribution in [1.82, 2.24) is 0 Å². The van der Waals surface area contributed by atoms with E-state index < -0.39 is 0 Å². The molecule has 0 aliphatic carbocycles. The summed E-state index contributed by atoms with van der Waals surface area (Å²) in [6.07, 6.45) is 2.56. The van der Waals surface area contributed by atoms with E-state index in [9.17, 15) is 0 Å². The highest BCUT2D eigenvalue weighted by atomic mass is 16.6. The lowest BCUT2D eigenvalue weighted by molar-refractivity contribution is 0.149. The Morgan fingerprint density at radius 2 is 1.90 bits per heavy atom. The highest BCUT2D eigenvalue weighted by molar-refractivity contribution is 5.89. The third kappa shape index (κ3) is 4.33. The highest BCUT2D eigenvalue weighted by Gasteiger charge is 2.05. The first-order valence-electron chi connectivity index (χ1n) is 6.96. The smallest absolute Gasteiger partial charge is 0.121 e. The third-order valence-corrected chi connectivity index (χ3v) is 3.26. The SMILES string of the molecule is Cc1cccc(N(C)N)c1/C=N\OCCc1ccccc1. The van der Waals surface area contributed by atoms with Crippen LogP contribution in [0.2, 0.25) is 0 Å². The van der Waals surface area contributed by atoms with Crippen molar-refractivity contribution < 1.29 is 4.84 Å². The molecule has 0 unspecified atom stereocenters. The summed E-state index contributed by atoms with van der Waals surface area (Å²) < 4.78 is 0. The minimum Gasteiger partial charge on any atom is -0.395 e. The molecule has 0 fully saturated rings. The van der Waals surface area contributed by atoms with Crippen LogP contribution < -0.4 is 10.9 Å². The molecular formula is C17H21N3O. The Morgan fingerprint density at radius 3 is 2.62 bits per heavy atom. The zero-order valence-electron chi connectivity index (χ0n) is 12.5. The molecule has 0 aromatic heterocycles. The van der Waals surface area contributed by atoms with Crippen molar-refractivity contribution >= 4 is 11.9 Å². The van der Waals surface area contributed by atoms with Gasteiger partial charge in [-0.3, -0.25) is 0 Å². The van der Waals surface area contributed by atoms with Crippen LogP contribution in [0.1, 0.15) is 16.7 Å². The molecule has 4 heteroatoms. The van der Waals surface area contributed by atoms with E-state index in [0.29, 0.717) is 6.61 Å². The fraction of sp³-hybridized carbons (Fsp3) is 0.235. The summed E-state index contributed by atoms with van der Waals surface area (Å²) in [5.41, 5.74) is 4.25. The third-order valence-electron chi connectivity index (χ3n) is 3.26. The number of hydrogen-bond donors (Lipinski definition) is 1. The van der Waals surface area contributed by atoms with E-state index in [1.165, 1.54) is 5.56 Å². The van der Waals surface area contributed by atoms with Crippen molar-refractivity contribution in [3.63, 3.8) is 0 Å². The van der Waals surface area contributed by atoms with Gasteiger partial charge in [0.2, 0.25) is 0 Å². The monoisotopic (exact) mass is 283 g/mol. The zero-order valence-corrected chi connectivity index (χ0v) is 12.5. The second-order valence-electron chi connectivity index (χ2n) is 4.92. The first kappa shape index (κ1) is 15.1. The van der Waals surface area contributed by atoms with E-state index >= 15 is 0 Å². The number of oxime groups is 1. The van der Waals surface area contributed by atoms with E-state index in [1.807, 2.05) is 50.4 Å². The molecule has 0 saturated heterocycles. The normalized spacial score (nSPS) is 10.8. The quantitative estimate of drug-likeness (QED) is 0.384. The van der Waals surface area contributed by atoms with E-state index in [4.69, 9.17) is 10.7 Å². The number of hydrogen-bond acceptors (Lipinski definition) is 4. The summed E-state index contributed by atoms with van der Waals surface area (Å²) in [5.74, 6) is 5.82. The molecule has 2 aromatic carbocycles. The molecule has 110 valence electrons. The van der Waals surface area contributed by atoms with Crippen molar-refractivity contribution in [3.8, 4) is 0 Å². The Bertz CT molecular complexity index is 594. The van der Waals surface area contributed by atoms with Gasteiger partial charge in [-0.25, -0.2) is 5.84 Å². The number of aryl methyl sites for hydroxylation is 1. The Balaban J connectivity index is 1.93. The van der Waals surface area contributed by atoms with E-state index in [1.54, 1.807) is 11.2 Å². The van der Waals surface area contributed by atoms with Crippen LogP contribution in [0.3, 0.4) is 0 Å². The van der Waals surface area contributed by atoms with Crippen molar-refractivity contribution in [3.05, 3.63) is 65.2 Å². The number of rotatable bonds is 6. The predicted octanol–water partition coefficient (Wildman–Crippen LogP) is 2.90. The topological polar surface area (TPSA) is 50.8 Å². The van der Waals surface area contributed by atoms with Crippen LogP contribution in [-0.4, -0.2) is 19.9 Å². The standard InChI is InChI=1S/C17H21N3O/c1-14-7-6-10-17(20(2)18)16(14)13-19-21-12-11-15-8-4-3-5-9-15/h3-10,13H,11-12,18H2,1-2H3/b19-13-. The van der Waals surface area contributed by atoms with Gasteiger partial charge >= 0.3 is 0 Å². The lowest BCUT2D eigenvalue weighted by Crippen LogP contribution is -2.26. The van der Waals surface area contributed by atoms with Crippen molar-refractivity contribution in [2.24, 2.45) is 11.0 Å². The molecular weight excluding hydrogens is 262 g/mol. The summed E-state index contributed by atoms with van der Waals surface area (Å²) in [4.78, 5) is 5.34. The van der Waals surface area contributed by atoms with Crippen LogP contribution >= 0.6 is 0 Å². The molecule has 0 bridgehead atoms. The Morgan fingerprint density at radius 1 is 1.14 bits per heavy atom. The van der Waals surface area contributed by atoms with Crippen LogP contribution in [0, 0.1) is 6.92 Å². The lowest BCUT2D eigenvalue weighted by Gasteiger charge is -2.16. The molecule has 0 radical (unpaired) electrons. The molecule has 2 aromatic rings. The molecule has 0 aliphatic heterocycles. The number of anilines is 1. The number of nitrogens with zero attached hydrogens (tertiary/aromatic N) is 2. The lowest BCUT2D eigenvalue weighted by atomic mass is 10.1. The fourth-order valence-corrected chi connectivity index (χ4v) is 2.09. The maximum absolute atomic E-state index is 5.82. The van der Waals surface area contributed by atoms with Gasteiger partial charge in [0.25, 0.3) is 0 Å². The average molecular weight is 283 g/mol. The Hall–Kier alpha value is -2.33. The van der Waals surface area contributed by atoms with Gasteiger partial charge < -0.3 is 9.85 Å². The molecule has 0 saturated carbocycles. The molecule has 0 atom stereocenters. The van der Waals surface area contributed by atoms with Crippen LogP contribution in [0.25, 0.3) is 0 Å². The van der Waals surface area contributed by atoms with Crippen molar-refractivity contribution in [2.45, 2.75) is 13.3 Å². The molecule has 0 amide bonds. The van der Waals surface area contributed by atoms with E-state index in [0.717, 1.165) is 23.2 Å². The van der Waals surface area contributed by atoms with E-state index in [2.05, 4.69) is 17.3 Å². The molecule has 4 nitrogen and oxygen atoms in total. The molecule has 0 heterocycles. The second-order valence-corrected chi connectivity index (χ2v) is 4.92. The number of nitrogens with two attached hydrogens (primary N) is 1. The summed E-state index contributed by atoms with van der Waals surface area (Å²) >= 11 is 0. The summed E-state index contributed by atoms with van der Waals surface area (Å²) in [7, 11) is 1.81. The molecule has 0 aliphatic rings. The van der Waals surface area contributed by atoms with E-state index in [-0.39, 0.29) is 0 Å². The van der Waals surface area contributed by atoms with Crippen LogP contribution in [0.5, 0.6) is 0 Å². The predicted molar refractivity (Wildman–Crippen MR) is 87.5 cm³/mol. The van der Waals surface area contributed by atoms with Crippen LogP contribution in [-0.2, 0) is 11.3 Å². The maximum Gasteiger partial charge on any atom is 0.121 e. The largest absolute Gasteiger partial charge is 0.395 e. The van der Waals surface area contributed by atoms with Crippen LogP contribution in [0.15, 0.2) is 53.7 Å². The van der Waals surface area contributed by atoms with Gasteiger partial charge in [0.15, 0.2) is 0 Å². The Labute approximate surface area is 125 Å². The van der Waals surface area contributed by atoms with Gasteiger partial charge in [-0.05, 0) is 24.1 Å². The van der Waals surface area contributed by atoms with Crippen LogP contribution in [0.4, 0.5) is 5.69 Å². The van der Waals surface area contributed by atoms with Gasteiger partial charge in [0.05, 0.1) is 11.9 Å². The second kappa shape index (κ2) is 7.45. The van der Waals surface area contributed by atoms with Gasteiger partial charge in [-0.1, -0.05) is 47.6 Å². The maximum atomic E-state index is 5.82. The molecule has 21 heavy (non-hydrogen) atoms. The average Bonchev–Trinajstić information content (AvgIpc) is 2.49. The summed E-state index contributed by atoms with van der Waals surface area (Å²) in [6.45, 7) is 2.58. The number of hydrazine groups is 1. The summed E-state index contributed by atoms with van der Waals surface area (Å²) in [5, 5.41) is 5.64. The molecule has 2 N–H and O–H groups in total. The van der Waals surface area contributed by atoms with Gasteiger partial charge in [0.1, 0.15) is 6.61 Å². The molecule has 0 spiro atoms. The van der Waals surface area contributed by atoms with Gasteiger partial charge in [-0.15, -0.1) is 0 Å². The van der Waals surface area contributed by atoms with Crippen molar-refractivity contribution in [1.29, 1.82) is 0 Å². The summed E-state index contributed by atoms with van der Waals surface area (Å²) in [6, 6.07) is 16.2.